The molecule has 1 atom stereocenters. The zero-order valence-corrected chi connectivity index (χ0v) is 8.80. The lowest BCUT2D eigenvalue weighted by molar-refractivity contribution is 0.0967. The molecule has 4 heteroatoms. The summed E-state index contributed by atoms with van der Waals surface area (Å²) in [5.74, 6) is -0.296. The Labute approximate surface area is 87.5 Å². The number of hydrogen-bond acceptors (Lipinski definition) is 3. The molecule has 3 N–H and O–H groups in total. The van der Waals surface area contributed by atoms with Crippen LogP contribution < -0.4 is 5.73 Å². The minimum absolute atomic E-state index is 0.0873. The zero-order chi connectivity index (χ0) is 10.9. The molecule has 0 amide bonds. The molecule has 3 nitrogen and oxygen atoms in total. The van der Waals surface area contributed by atoms with Crippen LogP contribution in [0.3, 0.4) is 0 Å². The van der Waals surface area contributed by atoms with Gasteiger partial charge in [0.2, 0.25) is 0 Å². The molecule has 1 rings (SSSR count). The summed E-state index contributed by atoms with van der Waals surface area (Å²) in [5, 5.41) is 9.66. The average molecular weight is 214 g/mol. The summed E-state index contributed by atoms with van der Waals surface area (Å²) in [7, 11) is 0. The summed E-state index contributed by atoms with van der Waals surface area (Å²) in [6.45, 7) is 3.32. The number of carbonyl (C=O) groups excluding carboxylic acids is 1. The molecule has 0 saturated heterocycles. The third-order valence-electron chi connectivity index (χ3n) is 1.93. The van der Waals surface area contributed by atoms with Gasteiger partial charge in [-0.25, -0.2) is 0 Å². The second-order valence-electron chi connectivity index (χ2n) is 3.28. The van der Waals surface area contributed by atoms with Crippen molar-refractivity contribution in [2.24, 2.45) is 5.73 Å². The molecule has 0 bridgehead atoms. The zero-order valence-electron chi connectivity index (χ0n) is 8.04. The van der Waals surface area contributed by atoms with Gasteiger partial charge in [0.15, 0.2) is 5.78 Å². The fourth-order valence-electron chi connectivity index (χ4n) is 1.16. The number of halogens is 1. The molecule has 0 heterocycles. The Morgan fingerprint density at radius 1 is 1.57 bits per heavy atom. The summed E-state index contributed by atoms with van der Waals surface area (Å²) in [5.41, 5.74) is 6.49. The fourth-order valence-corrected chi connectivity index (χ4v) is 1.27. The van der Waals surface area contributed by atoms with Crippen LogP contribution in [0.1, 0.15) is 22.8 Å². The van der Waals surface area contributed by atoms with Crippen molar-refractivity contribution in [3.8, 4) is 5.75 Å². The molecule has 76 valence electrons. The first-order valence-electron chi connectivity index (χ1n) is 4.22. The van der Waals surface area contributed by atoms with Gasteiger partial charge in [0.1, 0.15) is 5.75 Å². The van der Waals surface area contributed by atoms with E-state index in [0.717, 1.165) is 0 Å². The Morgan fingerprint density at radius 2 is 2.14 bits per heavy atom. The highest BCUT2D eigenvalue weighted by Crippen LogP contribution is 2.28. The van der Waals surface area contributed by atoms with Gasteiger partial charge in [0.25, 0.3) is 0 Å². The molecule has 0 aromatic heterocycles. The number of nitrogens with two attached hydrogens (primary N) is 1. The Balaban J connectivity index is 3.19. The van der Waals surface area contributed by atoms with Gasteiger partial charge in [-0.2, -0.15) is 0 Å². The van der Waals surface area contributed by atoms with E-state index in [1.807, 2.05) is 0 Å². The van der Waals surface area contributed by atoms with Gasteiger partial charge in [-0.05, 0) is 31.5 Å². The summed E-state index contributed by atoms with van der Waals surface area (Å²) in [4.78, 5) is 11.5. The van der Waals surface area contributed by atoms with Crippen molar-refractivity contribution in [3.05, 3.63) is 28.3 Å². The van der Waals surface area contributed by atoms with E-state index in [0.29, 0.717) is 11.1 Å². The number of phenols is 1. The van der Waals surface area contributed by atoms with E-state index in [1.165, 1.54) is 6.07 Å². The molecule has 1 unspecified atom stereocenters. The molecular weight excluding hydrogens is 202 g/mol. The molecule has 0 spiro atoms. The van der Waals surface area contributed by atoms with Crippen LogP contribution >= 0.6 is 11.6 Å². The van der Waals surface area contributed by atoms with Gasteiger partial charge in [0, 0.05) is 5.56 Å². The quantitative estimate of drug-likeness (QED) is 0.738. The predicted octanol–water partition coefficient (Wildman–Crippen LogP) is 1.88. The van der Waals surface area contributed by atoms with Crippen molar-refractivity contribution in [1.29, 1.82) is 0 Å². The number of hydrogen-bond donors (Lipinski definition) is 2. The first kappa shape index (κ1) is 11.0. The first-order valence-corrected chi connectivity index (χ1v) is 4.60. The Kier molecular flexibility index (Phi) is 3.13. The van der Waals surface area contributed by atoms with Crippen molar-refractivity contribution in [1.82, 2.24) is 0 Å². The second-order valence-corrected chi connectivity index (χ2v) is 3.66. The molecule has 0 saturated carbocycles. The number of phenolic OH excluding ortho intramolecular Hbond substituents is 1. The second kappa shape index (κ2) is 3.98. The van der Waals surface area contributed by atoms with Crippen molar-refractivity contribution < 1.29 is 9.90 Å². The standard InChI is InChI=1S/C10H12ClNO2/c1-5-3-7(10(14)6(2)12)4-8(13)9(5)11/h3-4,6,13H,12H2,1-2H3. The average Bonchev–Trinajstić information content (AvgIpc) is 2.12. The van der Waals surface area contributed by atoms with Crippen molar-refractivity contribution >= 4 is 17.4 Å². The lowest BCUT2D eigenvalue weighted by Crippen LogP contribution is -2.26. The van der Waals surface area contributed by atoms with Crippen LogP contribution in [-0.4, -0.2) is 16.9 Å². The highest BCUT2D eigenvalue weighted by molar-refractivity contribution is 6.32. The van der Waals surface area contributed by atoms with Crippen LogP contribution in [0, 0.1) is 6.92 Å². The molecular formula is C10H12ClNO2. The molecule has 0 radical (unpaired) electrons. The number of rotatable bonds is 2. The smallest absolute Gasteiger partial charge is 0.179 e. The van der Waals surface area contributed by atoms with Gasteiger partial charge < -0.3 is 10.8 Å². The van der Waals surface area contributed by atoms with Crippen molar-refractivity contribution in [3.63, 3.8) is 0 Å². The van der Waals surface area contributed by atoms with E-state index in [9.17, 15) is 9.90 Å². The maximum Gasteiger partial charge on any atom is 0.179 e. The largest absolute Gasteiger partial charge is 0.506 e. The fraction of sp³-hybridized carbons (Fsp3) is 0.300. The van der Waals surface area contributed by atoms with Gasteiger partial charge in [-0.1, -0.05) is 11.6 Å². The first-order chi connectivity index (χ1) is 6.43. The monoisotopic (exact) mass is 213 g/mol. The Bertz CT molecular complexity index is 351. The van der Waals surface area contributed by atoms with E-state index in [2.05, 4.69) is 0 Å². The van der Waals surface area contributed by atoms with Crippen molar-refractivity contribution in [2.75, 3.05) is 0 Å². The third kappa shape index (κ3) is 2.05. The van der Waals surface area contributed by atoms with Crippen LogP contribution in [0.5, 0.6) is 5.75 Å². The van der Waals surface area contributed by atoms with E-state index < -0.39 is 6.04 Å². The third-order valence-corrected chi connectivity index (χ3v) is 2.43. The molecule has 0 aliphatic rings. The number of aryl methyl sites for hydroxylation is 1. The summed E-state index contributed by atoms with van der Waals surface area (Å²) in [6, 6.07) is 2.38. The highest BCUT2D eigenvalue weighted by atomic mass is 35.5. The van der Waals surface area contributed by atoms with E-state index in [1.54, 1.807) is 19.9 Å². The van der Waals surface area contributed by atoms with Crippen LogP contribution in [-0.2, 0) is 0 Å². The number of aromatic hydroxyl groups is 1. The van der Waals surface area contributed by atoms with Crippen LogP contribution in [0.2, 0.25) is 5.02 Å². The minimum atomic E-state index is -0.574. The molecule has 14 heavy (non-hydrogen) atoms. The number of benzene rings is 1. The number of Topliss-reactive ketones (excluding diaryl/α,β-unsaturated/α-hetero) is 1. The van der Waals surface area contributed by atoms with E-state index >= 15 is 0 Å². The SMILES string of the molecule is Cc1cc(C(=O)C(C)N)cc(O)c1Cl. The Hall–Kier alpha value is -1.06. The van der Waals surface area contributed by atoms with Gasteiger partial charge in [-0.3, -0.25) is 4.79 Å². The maximum atomic E-state index is 11.5. The summed E-state index contributed by atoms with van der Waals surface area (Å²) >= 11 is 5.74. The predicted molar refractivity (Wildman–Crippen MR) is 55.8 cm³/mol. The minimum Gasteiger partial charge on any atom is -0.506 e. The normalized spacial score (nSPS) is 12.6. The molecule has 1 aromatic carbocycles. The molecule has 0 aliphatic heterocycles. The van der Waals surface area contributed by atoms with E-state index in [-0.39, 0.29) is 16.6 Å². The topological polar surface area (TPSA) is 63.3 Å². The highest BCUT2D eigenvalue weighted by Gasteiger charge is 2.14. The number of ketones is 1. The molecule has 1 aromatic rings. The van der Waals surface area contributed by atoms with Crippen molar-refractivity contribution in [2.45, 2.75) is 19.9 Å². The Morgan fingerprint density at radius 3 is 2.57 bits per heavy atom. The maximum absolute atomic E-state index is 11.5. The lowest BCUT2D eigenvalue weighted by atomic mass is 10.0. The number of carbonyl (C=O) groups is 1. The lowest BCUT2D eigenvalue weighted by Gasteiger charge is -2.07. The van der Waals surface area contributed by atoms with Crippen LogP contribution in [0.4, 0.5) is 0 Å². The summed E-state index contributed by atoms with van der Waals surface area (Å²) < 4.78 is 0. The van der Waals surface area contributed by atoms with Gasteiger partial charge in [0.05, 0.1) is 11.1 Å². The van der Waals surface area contributed by atoms with E-state index in [4.69, 9.17) is 17.3 Å². The van der Waals surface area contributed by atoms with Crippen LogP contribution in [0.25, 0.3) is 0 Å². The van der Waals surface area contributed by atoms with Crippen LogP contribution in [0.15, 0.2) is 12.1 Å². The van der Waals surface area contributed by atoms with Gasteiger partial charge in [-0.15, -0.1) is 0 Å². The molecule has 0 fully saturated rings. The summed E-state index contributed by atoms with van der Waals surface area (Å²) in [6.07, 6.45) is 0. The molecule has 0 aliphatic carbocycles. The van der Waals surface area contributed by atoms with Gasteiger partial charge >= 0.3 is 0 Å².